The summed E-state index contributed by atoms with van der Waals surface area (Å²) < 4.78 is 6.28. The monoisotopic (exact) mass is 344 g/mol. The largest absolute Gasteiger partial charge is 0.507 e. The number of carboxylic acid groups (broad SMARTS) is 1. The van der Waals surface area contributed by atoms with Crippen LogP contribution in [0.25, 0.3) is 0 Å². The Morgan fingerprint density at radius 2 is 2.12 bits per heavy atom. The highest BCUT2D eigenvalue weighted by molar-refractivity contribution is 5.94. The van der Waals surface area contributed by atoms with Gasteiger partial charge in [0.2, 0.25) is 0 Å². The molecule has 0 saturated carbocycles. The van der Waals surface area contributed by atoms with Crippen molar-refractivity contribution in [2.75, 3.05) is 0 Å². The quantitative estimate of drug-likeness (QED) is 0.751. The fourth-order valence-corrected chi connectivity index (χ4v) is 4.45. The third kappa shape index (κ3) is 3.03. The number of allylic oxidation sites excluding steroid dienone is 2. The van der Waals surface area contributed by atoms with Gasteiger partial charge in [-0.15, -0.1) is 0 Å². The van der Waals surface area contributed by atoms with Crippen LogP contribution in [0.2, 0.25) is 0 Å². The van der Waals surface area contributed by atoms with E-state index in [4.69, 9.17) is 4.74 Å². The third-order valence-corrected chi connectivity index (χ3v) is 5.78. The normalized spacial score (nSPS) is 23.9. The number of fused-ring (bicyclic) bond motifs is 3. The van der Waals surface area contributed by atoms with Crippen LogP contribution < -0.4 is 4.74 Å². The molecule has 1 aliphatic carbocycles. The lowest BCUT2D eigenvalue weighted by Crippen LogP contribution is -2.45. The second-order valence-corrected chi connectivity index (χ2v) is 7.99. The Hall–Kier alpha value is -1.97. The van der Waals surface area contributed by atoms with E-state index in [9.17, 15) is 15.0 Å². The maximum Gasteiger partial charge on any atom is 0.339 e. The van der Waals surface area contributed by atoms with E-state index >= 15 is 0 Å². The van der Waals surface area contributed by atoms with Crippen LogP contribution in [-0.2, 0) is 6.42 Å². The van der Waals surface area contributed by atoms with E-state index in [0.717, 1.165) is 25.7 Å². The predicted octanol–water partition coefficient (Wildman–Crippen LogP) is 5.04. The minimum Gasteiger partial charge on any atom is -0.507 e. The molecule has 0 fully saturated rings. The fourth-order valence-electron chi connectivity index (χ4n) is 4.45. The molecular weight excluding hydrogens is 316 g/mol. The number of ether oxygens (including phenoxy) is 1. The maximum atomic E-state index is 11.8. The standard InChI is InChI=1S/C21H28O4/c1-5-6-7-13-11-16-18(19(22)17(13)20(23)24)14-10-12(2)8-9-15(14)21(3,4)25-16/h8,11,14-15,22H,5-7,9-10H2,1-4H3,(H,23,24). The summed E-state index contributed by atoms with van der Waals surface area (Å²) in [4.78, 5) is 11.8. The summed E-state index contributed by atoms with van der Waals surface area (Å²) in [6.45, 7) is 8.36. The first-order valence-corrected chi connectivity index (χ1v) is 9.23. The molecule has 0 saturated heterocycles. The molecule has 1 aromatic rings. The molecule has 0 radical (unpaired) electrons. The highest BCUT2D eigenvalue weighted by Gasteiger charge is 2.46. The molecule has 2 atom stereocenters. The van der Waals surface area contributed by atoms with E-state index in [1.165, 1.54) is 5.57 Å². The first kappa shape index (κ1) is 17.8. The average Bonchev–Trinajstić information content (AvgIpc) is 2.51. The summed E-state index contributed by atoms with van der Waals surface area (Å²) in [5.74, 6) is -0.151. The van der Waals surface area contributed by atoms with Crippen LogP contribution in [0.5, 0.6) is 11.5 Å². The van der Waals surface area contributed by atoms with Crippen LogP contribution in [0.4, 0.5) is 0 Å². The predicted molar refractivity (Wildman–Crippen MR) is 97.6 cm³/mol. The van der Waals surface area contributed by atoms with Gasteiger partial charge >= 0.3 is 5.97 Å². The lowest BCUT2D eigenvalue weighted by atomic mass is 9.66. The number of phenols is 1. The summed E-state index contributed by atoms with van der Waals surface area (Å²) in [5.41, 5.74) is 2.36. The Kier molecular flexibility index (Phi) is 4.56. The van der Waals surface area contributed by atoms with Crippen LogP contribution in [-0.4, -0.2) is 21.8 Å². The zero-order valence-electron chi connectivity index (χ0n) is 15.6. The van der Waals surface area contributed by atoms with Crippen LogP contribution in [0.3, 0.4) is 0 Å². The molecule has 0 amide bonds. The summed E-state index contributed by atoms with van der Waals surface area (Å²) in [5, 5.41) is 20.6. The zero-order valence-corrected chi connectivity index (χ0v) is 15.6. The van der Waals surface area contributed by atoms with Crippen LogP contribution in [0, 0.1) is 5.92 Å². The molecule has 3 rings (SSSR count). The second kappa shape index (κ2) is 6.40. The van der Waals surface area contributed by atoms with E-state index in [1.54, 1.807) is 0 Å². The second-order valence-electron chi connectivity index (χ2n) is 7.99. The Morgan fingerprint density at radius 3 is 2.76 bits per heavy atom. The van der Waals surface area contributed by atoms with Crippen molar-refractivity contribution in [2.45, 2.75) is 71.3 Å². The maximum absolute atomic E-state index is 11.8. The average molecular weight is 344 g/mol. The Morgan fingerprint density at radius 1 is 1.40 bits per heavy atom. The van der Waals surface area contributed by atoms with Crippen molar-refractivity contribution in [3.63, 3.8) is 0 Å². The van der Waals surface area contributed by atoms with Crippen molar-refractivity contribution >= 4 is 5.97 Å². The van der Waals surface area contributed by atoms with Crippen LogP contribution in [0.15, 0.2) is 17.7 Å². The third-order valence-electron chi connectivity index (χ3n) is 5.78. The summed E-state index contributed by atoms with van der Waals surface area (Å²) in [6, 6.07) is 1.86. The van der Waals surface area contributed by atoms with Gasteiger partial charge in [0.05, 0.1) is 0 Å². The number of carbonyl (C=O) groups is 1. The SMILES string of the molecule is CCCCc1cc2c(c(O)c1C(=O)O)C1CC(C)=CCC1C(C)(C)O2. The van der Waals surface area contributed by atoms with Gasteiger partial charge in [-0.25, -0.2) is 4.79 Å². The molecule has 2 aliphatic rings. The minimum absolute atomic E-state index is 0.0569. The first-order valence-electron chi connectivity index (χ1n) is 9.23. The van der Waals surface area contributed by atoms with Gasteiger partial charge < -0.3 is 14.9 Å². The summed E-state index contributed by atoms with van der Waals surface area (Å²) in [7, 11) is 0. The van der Waals surface area contributed by atoms with Crippen molar-refractivity contribution in [2.24, 2.45) is 5.92 Å². The molecule has 4 nitrogen and oxygen atoms in total. The number of hydrogen-bond acceptors (Lipinski definition) is 3. The molecule has 25 heavy (non-hydrogen) atoms. The van der Waals surface area contributed by atoms with Crippen molar-refractivity contribution in [3.05, 3.63) is 34.4 Å². The molecule has 1 aliphatic heterocycles. The number of aryl methyl sites for hydroxylation is 1. The van der Waals surface area contributed by atoms with Crippen molar-refractivity contribution in [3.8, 4) is 11.5 Å². The molecular formula is C21H28O4. The molecule has 2 N–H and O–H groups in total. The molecule has 136 valence electrons. The lowest BCUT2D eigenvalue weighted by molar-refractivity contribution is 0.00743. The highest BCUT2D eigenvalue weighted by Crippen LogP contribution is 2.55. The Balaban J connectivity index is 2.18. The molecule has 4 heteroatoms. The van der Waals surface area contributed by atoms with Gasteiger partial charge in [0.1, 0.15) is 22.7 Å². The van der Waals surface area contributed by atoms with Gasteiger partial charge in [0.15, 0.2) is 0 Å². The van der Waals surface area contributed by atoms with Gasteiger partial charge in [-0.05, 0) is 58.1 Å². The number of carboxylic acids is 1. The van der Waals surface area contributed by atoms with Gasteiger partial charge in [-0.3, -0.25) is 0 Å². The number of aromatic carboxylic acids is 1. The van der Waals surface area contributed by atoms with Gasteiger partial charge in [0.25, 0.3) is 0 Å². The Labute approximate surface area is 149 Å². The van der Waals surface area contributed by atoms with Gasteiger partial charge in [-0.1, -0.05) is 25.0 Å². The van der Waals surface area contributed by atoms with Crippen molar-refractivity contribution in [1.82, 2.24) is 0 Å². The number of hydrogen-bond donors (Lipinski definition) is 2. The van der Waals surface area contributed by atoms with Crippen molar-refractivity contribution < 1.29 is 19.7 Å². The molecule has 1 heterocycles. The van der Waals surface area contributed by atoms with E-state index in [-0.39, 0.29) is 28.7 Å². The minimum atomic E-state index is -1.06. The number of aromatic hydroxyl groups is 1. The number of rotatable bonds is 4. The topological polar surface area (TPSA) is 66.8 Å². The van der Waals surface area contributed by atoms with Gasteiger partial charge in [0, 0.05) is 17.4 Å². The lowest BCUT2D eigenvalue weighted by Gasteiger charge is -2.47. The van der Waals surface area contributed by atoms with E-state index < -0.39 is 5.97 Å². The van der Waals surface area contributed by atoms with E-state index in [2.05, 4.69) is 33.8 Å². The van der Waals surface area contributed by atoms with Gasteiger partial charge in [-0.2, -0.15) is 0 Å². The molecule has 0 aromatic heterocycles. The Bertz CT molecular complexity index is 730. The number of benzene rings is 1. The molecule has 1 aromatic carbocycles. The number of unbranched alkanes of at least 4 members (excludes halogenated alkanes) is 1. The molecule has 0 spiro atoms. The zero-order chi connectivity index (χ0) is 18.4. The molecule has 0 bridgehead atoms. The summed E-state index contributed by atoms with van der Waals surface area (Å²) >= 11 is 0. The molecule has 2 unspecified atom stereocenters. The van der Waals surface area contributed by atoms with Crippen molar-refractivity contribution in [1.29, 1.82) is 0 Å². The highest BCUT2D eigenvalue weighted by atomic mass is 16.5. The smallest absolute Gasteiger partial charge is 0.339 e. The van der Waals surface area contributed by atoms with E-state index in [0.29, 0.717) is 23.3 Å². The first-order chi connectivity index (χ1) is 11.8. The van der Waals surface area contributed by atoms with Crippen LogP contribution in [0.1, 0.15) is 80.8 Å². The van der Waals surface area contributed by atoms with Crippen LogP contribution >= 0.6 is 0 Å². The summed E-state index contributed by atoms with van der Waals surface area (Å²) in [6.07, 6.45) is 6.46. The van der Waals surface area contributed by atoms with E-state index in [1.807, 2.05) is 6.07 Å². The fraction of sp³-hybridized carbons (Fsp3) is 0.571.